The Morgan fingerprint density at radius 1 is 1.10 bits per heavy atom. The topological polar surface area (TPSA) is 44.2 Å². The second kappa shape index (κ2) is 5.96. The first kappa shape index (κ1) is 14.4. The number of aromatic nitrogens is 2. The van der Waals surface area contributed by atoms with Crippen LogP contribution in [0.2, 0.25) is 5.15 Å². The molecule has 1 aromatic carbocycles. The van der Waals surface area contributed by atoms with Gasteiger partial charge in [0.2, 0.25) is 5.88 Å². The minimum Gasteiger partial charge on any atom is -0.480 e. The average molecular weight is 305 g/mol. The predicted octanol–water partition coefficient (Wildman–Crippen LogP) is 3.86. The molecule has 0 amide bonds. The molecule has 4 nitrogen and oxygen atoms in total. The van der Waals surface area contributed by atoms with E-state index < -0.39 is 12.8 Å². The van der Waals surface area contributed by atoms with Crippen LogP contribution in [0.3, 0.4) is 0 Å². The van der Waals surface area contributed by atoms with Gasteiger partial charge in [0.25, 0.3) is 0 Å². The Bertz CT molecular complexity index is 593. The standard InChI is InChI=1S/C12H8ClF3N2O2/c13-10-5-17-6-11(18-10)20-9-4-2-1-3-8(9)19-7-12(14,15)16/h1-6H,7H2. The summed E-state index contributed by atoms with van der Waals surface area (Å²) in [7, 11) is 0. The maximum atomic E-state index is 12.1. The van der Waals surface area contributed by atoms with Crippen LogP contribution in [0, 0.1) is 0 Å². The van der Waals surface area contributed by atoms with Gasteiger partial charge in [0.1, 0.15) is 0 Å². The van der Waals surface area contributed by atoms with Gasteiger partial charge in [-0.15, -0.1) is 0 Å². The number of hydrogen-bond donors (Lipinski definition) is 0. The zero-order chi connectivity index (χ0) is 14.6. The Morgan fingerprint density at radius 2 is 1.80 bits per heavy atom. The Hall–Kier alpha value is -2.02. The van der Waals surface area contributed by atoms with Gasteiger partial charge in [0.15, 0.2) is 23.3 Å². The summed E-state index contributed by atoms with van der Waals surface area (Å²) in [5.41, 5.74) is 0. The third-order valence-electron chi connectivity index (χ3n) is 2.04. The van der Waals surface area contributed by atoms with Crippen LogP contribution in [0.1, 0.15) is 0 Å². The highest BCUT2D eigenvalue weighted by Crippen LogP contribution is 2.31. The van der Waals surface area contributed by atoms with Crippen LogP contribution in [0.5, 0.6) is 17.4 Å². The van der Waals surface area contributed by atoms with E-state index in [1.165, 1.54) is 30.6 Å². The molecule has 0 bridgehead atoms. The van der Waals surface area contributed by atoms with Crippen LogP contribution in [0.15, 0.2) is 36.7 Å². The Morgan fingerprint density at radius 3 is 2.45 bits per heavy atom. The van der Waals surface area contributed by atoms with Crippen LogP contribution < -0.4 is 9.47 Å². The number of alkyl halides is 3. The lowest BCUT2D eigenvalue weighted by Gasteiger charge is -2.13. The van der Waals surface area contributed by atoms with Crippen molar-refractivity contribution < 1.29 is 22.6 Å². The molecule has 0 N–H and O–H groups in total. The van der Waals surface area contributed by atoms with Crippen molar-refractivity contribution in [2.75, 3.05) is 6.61 Å². The molecule has 0 radical (unpaired) electrons. The van der Waals surface area contributed by atoms with Gasteiger partial charge >= 0.3 is 6.18 Å². The zero-order valence-corrected chi connectivity index (χ0v) is 10.6. The van der Waals surface area contributed by atoms with Gasteiger partial charge in [0, 0.05) is 0 Å². The molecule has 1 heterocycles. The molecule has 0 spiro atoms. The Kier molecular flexibility index (Phi) is 4.29. The van der Waals surface area contributed by atoms with E-state index in [-0.39, 0.29) is 22.5 Å². The highest BCUT2D eigenvalue weighted by Gasteiger charge is 2.29. The van der Waals surface area contributed by atoms with Crippen molar-refractivity contribution in [3.8, 4) is 17.4 Å². The van der Waals surface area contributed by atoms with Crippen LogP contribution in [0.4, 0.5) is 13.2 Å². The molecule has 2 rings (SSSR count). The van der Waals surface area contributed by atoms with Gasteiger partial charge in [-0.1, -0.05) is 23.7 Å². The van der Waals surface area contributed by atoms with E-state index in [0.717, 1.165) is 0 Å². The van der Waals surface area contributed by atoms with E-state index in [9.17, 15) is 13.2 Å². The molecular weight excluding hydrogens is 297 g/mol. The largest absolute Gasteiger partial charge is 0.480 e. The summed E-state index contributed by atoms with van der Waals surface area (Å²) >= 11 is 5.64. The molecule has 0 aliphatic rings. The van der Waals surface area contributed by atoms with E-state index in [1.54, 1.807) is 6.07 Å². The number of rotatable bonds is 4. The van der Waals surface area contributed by atoms with Crippen molar-refractivity contribution >= 4 is 11.6 Å². The fraction of sp³-hybridized carbons (Fsp3) is 0.167. The lowest BCUT2D eigenvalue weighted by atomic mass is 10.3. The van der Waals surface area contributed by atoms with E-state index in [4.69, 9.17) is 16.3 Å². The number of hydrogen-bond acceptors (Lipinski definition) is 4. The third-order valence-corrected chi connectivity index (χ3v) is 2.22. The molecule has 1 aromatic heterocycles. The molecule has 106 valence electrons. The van der Waals surface area contributed by atoms with Gasteiger partial charge in [0.05, 0.1) is 12.4 Å². The second-order valence-electron chi connectivity index (χ2n) is 3.63. The maximum Gasteiger partial charge on any atom is 0.422 e. The van der Waals surface area contributed by atoms with Crippen LogP contribution >= 0.6 is 11.6 Å². The summed E-state index contributed by atoms with van der Waals surface area (Å²) < 4.78 is 46.4. The van der Waals surface area contributed by atoms with E-state index in [1.807, 2.05) is 0 Å². The first-order valence-electron chi connectivity index (χ1n) is 5.38. The summed E-state index contributed by atoms with van der Waals surface area (Å²) in [4.78, 5) is 7.58. The summed E-state index contributed by atoms with van der Waals surface area (Å²) in [6.07, 6.45) is -1.84. The lowest BCUT2D eigenvalue weighted by molar-refractivity contribution is -0.153. The summed E-state index contributed by atoms with van der Waals surface area (Å²) in [6.45, 7) is -1.41. The fourth-order valence-corrected chi connectivity index (χ4v) is 1.44. The molecule has 0 saturated carbocycles. The monoisotopic (exact) mass is 304 g/mol. The lowest BCUT2D eigenvalue weighted by Crippen LogP contribution is -2.19. The summed E-state index contributed by atoms with van der Waals surface area (Å²) in [5, 5.41) is 0.108. The van der Waals surface area contributed by atoms with Crippen molar-refractivity contribution in [3.05, 3.63) is 41.8 Å². The first-order chi connectivity index (χ1) is 9.44. The quantitative estimate of drug-likeness (QED) is 0.860. The van der Waals surface area contributed by atoms with Gasteiger partial charge in [-0.05, 0) is 12.1 Å². The van der Waals surface area contributed by atoms with Crippen LogP contribution in [-0.4, -0.2) is 22.8 Å². The minimum atomic E-state index is -4.43. The minimum absolute atomic E-state index is 0.0494. The average Bonchev–Trinajstić information content (AvgIpc) is 2.37. The molecule has 0 atom stereocenters. The molecule has 8 heteroatoms. The molecule has 0 unspecified atom stereocenters. The zero-order valence-electron chi connectivity index (χ0n) is 9.89. The summed E-state index contributed by atoms with van der Waals surface area (Å²) in [5.74, 6) is 0.0977. The van der Waals surface area contributed by atoms with E-state index in [0.29, 0.717) is 0 Å². The molecule has 2 aromatic rings. The van der Waals surface area contributed by atoms with Crippen molar-refractivity contribution in [1.29, 1.82) is 0 Å². The van der Waals surface area contributed by atoms with E-state index in [2.05, 4.69) is 14.7 Å². The van der Waals surface area contributed by atoms with Crippen molar-refractivity contribution in [2.24, 2.45) is 0 Å². The number of para-hydroxylation sites is 2. The molecular formula is C12H8ClF3N2O2. The third kappa shape index (κ3) is 4.27. The fourth-order valence-electron chi connectivity index (χ4n) is 1.30. The molecule has 0 aliphatic heterocycles. The van der Waals surface area contributed by atoms with Crippen LogP contribution in [-0.2, 0) is 0 Å². The van der Waals surface area contributed by atoms with Crippen molar-refractivity contribution in [2.45, 2.75) is 6.18 Å². The second-order valence-corrected chi connectivity index (χ2v) is 4.02. The van der Waals surface area contributed by atoms with E-state index >= 15 is 0 Å². The Labute approximate surface area is 117 Å². The van der Waals surface area contributed by atoms with Crippen molar-refractivity contribution in [3.63, 3.8) is 0 Å². The predicted molar refractivity (Wildman–Crippen MR) is 65.1 cm³/mol. The van der Waals surface area contributed by atoms with Gasteiger partial charge in [-0.25, -0.2) is 0 Å². The number of nitrogens with zero attached hydrogens (tertiary/aromatic N) is 2. The Balaban J connectivity index is 2.15. The number of ether oxygens (including phenoxy) is 2. The number of benzene rings is 1. The maximum absolute atomic E-state index is 12.1. The molecule has 0 aliphatic carbocycles. The summed E-state index contributed by atoms with van der Waals surface area (Å²) in [6, 6.07) is 5.93. The highest BCUT2D eigenvalue weighted by molar-refractivity contribution is 6.29. The first-order valence-corrected chi connectivity index (χ1v) is 5.76. The highest BCUT2D eigenvalue weighted by atomic mass is 35.5. The normalized spacial score (nSPS) is 11.2. The van der Waals surface area contributed by atoms with Crippen molar-refractivity contribution in [1.82, 2.24) is 9.97 Å². The molecule has 0 fully saturated rings. The van der Waals surface area contributed by atoms with Gasteiger partial charge in [-0.3, -0.25) is 4.98 Å². The molecule has 0 saturated heterocycles. The smallest absolute Gasteiger partial charge is 0.422 e. The SMILES string of the molecule is FC(F)(F)COc1ccccc1Oc1cncc(Cl)n1. The van der Waals surface area contributed by atoms with Gasteiger partial charge in [-0.2, -0.15) is 18.2 Å². The molecule has 20 heavy (non-hydrogen) atoms. The van der Waals surface area contributed by atoms with Crippen LogP contribution in [0.25, 0.3) is 0 Å². The van der Waals surface area contributed by atoms with Gasteiger partial charge < -0.3 is 9.47 Å². The number of halogens is 4.